The maximum absolute atomic E-state index is 6.88. The van der Waals surface area contributed by atoms with Crippen LogP contribution in [0, 0.1) is 0 Å². The van der Waals surface area contributed by atoms with Gasteiger partial charge < -0.3 is 36.6 Å². The highest BCUT2D eigenvalue weighted by Gasteiger charge is 2.25. The Hall–Kier alpha value is -9.92. The first-order valence-electron chi connectivity index (χ1n) is 47.4. The molecule has 10 aromatic carbocycles. The first-order chi connectivity index (χ1) is 59.6. The van der Waals surface area contributed by atoms with Crippen LogP contribution in [0.5, 0.6) is 23.0 Å². The van der Waals surface area contributed by atoms with Crippen molar-refractivity contribution in [2.24, 2.45) is 0 Å². The van der Waals surface area contributed by atoms with E-state index < -0.39 is 0 Å². The van der Waals surface area contributed by atoms with Crippen molar-refractivity contribution in [3.63, 3.8) is 0 Å². The van der Waals surface area contributed by atoms with E-state index in [1.807, 2.05) is 0 Å². The quantitative estimate of drug-likeness (QED) is 0.172. The van der Waals surface area contributed by atoms with Gasteiger partial charge in [-0.1, -0.05) is 351 Å². The molecule has 0 atom stereocenters. The minimum Gasteiger partial charge on any atom is -0.494 e. The molecule has 0 saturated heterocycles. The first-order valence-corrected chi connectivity index (χ1v) is 47.4. The number of furan rings is 4. The Morgan fingerprint density at radius 1 is 0.158 bits per heavy atom. The molecule has 0 N–H and O–H groups in total. The van der Waals surface area contributed by atoms with Crippen LogP contribution in [-0.2, 0) is 25.7 Å². The Morgan fingerprint density at radius 3 is 0.558 bits per heavy atom. The van der Waals surface area contributed by atoms with Crippen molar-refractivity contribution in [1.82, 2.24) is 0 Å². The first kappa shape index (κ1) is 85.1. The van der Waals surface area contributed by atoms with Gasteiger partial charge in [0, 0.05) is 81.6 Å². The summed E-state index contributed by atoms with van der Waals surface area (Å²) in [4.78, 5) is 0. The molecule has 8 nitrogen and oxygen atoms in total. The molecule has 14 aromatic rings. The van der Waals surface area contributed by atoms with Gasteiger partial charge in [0.2, 0.25) is 0 Å². The van der Waals surface area contributed by atoms with Crippen LogP contribution < -0.4 is 18.9 Å². The highest BCUT2D eigenvalue weighted by Crippen LogP contribution is 2.46. The monoisotopic (exact) mass is 1600 g/mol. The van der Waals surface area contributed by atoms with E-state index in [-0.39, 0.29) is 0 Å². The van der Waals surface area contributed by atoms with Crippen LogP contribution in [0.15, 0.2) is 236 Å². The van der Waals surface area contributed by atoms with Gasteiger partial charge in [-0.2, -0.15) is 0 Å². The third-order valence-electron chi connectivity index (χ3n) is 25.4. The van der Waals surface area contributed by atoms with Crippen molar-refractivity contribution in [1.29, 1.82) is 0 Å². The van der Waals surface area contributed by atoms with Gasteiger partial charge in [0.15, 0.2) is 0 Å². The number of aryl methyl sites for hydroxylation is 4. The van der Waals surface area contributed by atoms with Gasteiger partial charge in [0.1, 0.15) is 68.4 Å². The largest absolute Gasteiger partial charge is 0.494 e. The molecular formula is C112H132O8. The standard InChI is InChI=1S/C112H132O8/c1-5-13-21-29-49-73-113-93-69-65-85-66-70-94(78-91(85)77-93)114-74-50-30-22-14-7-3-11-19-27-47-63-103-111(89-57-41-35-42-58-89)99-82-100-108(84-107(99)119-103)120-104(112(100)90-59-43-36-44-60-90)64-48-28-20-12-4-8-16-24-32-52-76-116-96-72-68-86-67-71-95(79-92(86)80-96)115-75-51-31-23-15-6-2-10-18-26-46-62-102-110(88-55-39-34-40-56-88)98-81-97-105(83-106(98)118-102)117-101(61-45-25-17-9-1)109(97)87-53-37-33-38-54-87/h33-44,53-60,65-72,77-84H,1-32,45-52,61-64,73-76H2. The highest BCUT2D eigenvalue weighted by atomic mass is 16.5. The topological polar surface area (TPSA) is 89.5 Å². The smallest absolute Gasteiger partial charge is 0.138 e. The molecule has 0 spiro atoms. The van der Waals surface area contributed by atoms with Gasteiger partial charge in [-0.05, 0) is 156 Å². The molecule has 0 unspecified atom stereocenters. The van der Waals surface area contributed by atoms with Crippen LogP contribution >= 0.6 is 0 Å². The number of hydrogen-bond acceptors (Lipinski definition) is 8. The molecule has 8 heteroatoms. The summed E-state index contributed by atoms with van der Waals surface area (Å²) in [6.07, 6.45) is 53.0. The van der Waals surface area contributed by atoms with E-state index in [1.54, 1.807) is 0 Å². The predicted octanol–water partition coefficient (Wildman–Crippen LogP) is 34.0. The minimum atomic E-state index is 0.754. The van der Waals surface area contributed by atoms with Crippen LogP contribution in [0.4, 0.5) is 0 Å². The second kappa shape index (κ2) is 46.2. The lowest BCUT2D eigenvalue weighted by molar-refractivity contribution is 0.303. The molecule has 0 aliphatic carbocycles. The second-order valence-corrected chi connectivity index (χ2v) is 34.6. The van der Waals surface area contributed by atoms with Gasteiger partial charge in [-0.25, -0.2) is 0 Å². The van der Waals surface area contributed by atoms with Crippen molar-refractivity contribution in [3.05, 3.63) is 241 Å². The lowest BCUT2D eigenvalue weighted by Gasteiger charge is -2.10. The zero-order valence-electron chi connectivity index (χ0n) is 72.0. The maximum Gasteiger partial charge on any atom is 0.138 e. The van der Waals surface area contributed by atoms with Crippen LogP contribution in [-0.4, -0.2) is 26.4 Å². The summed E-state index contributed by atoms with van der Waals surface area (Å²) in [6, 6.07) is 78.7. The fourth-order valence-corrected chi connectivity index (χ4v) is 18.7. The molecule has 628 valence electrons. The van der Waals surface area contributed by atoms with Gasteiger partial charge in [0.25, 0.3) is 0 Å². The number of hydrogen-bond donors (Lipinski definition) is 0. The number of ether oxygens (including phenoxy) is 4. The van der Waals surface area contributed by atoms with Crippen molar-refractivity contribution in [2.75, 3.05) is 26.4 Å². The zero-order chi connectivity index (χ0) is 81.2. The molecule has 18 bridgehead atoms. The minimum absolute atomic E-state index is 0.754. The molecular weight excluding hydrogens is 1470 g/mol. The fraction of sp³-hybridized carbons (Fsp3) is 0.429. The van der Waals surface area contributed by atoms with Gasteiger partial charge >= 0.3 is 0 Å². The average Bonchev–Trinajstić information content (AvgIpc) is 1.59. The van der Waals surface area contributed by atoms with Gasteiger partial charge in [-0.3, -0.25) is 0 Å². The van der Waals surface area contributed by atoms with E-state index in [1.165, 1.54) is 293 Å². The lowest BCUT2D eigenvalue weighted by Crippen LogP contribution is -1.98. The summed E-state index contributed by atoms with van der Waals surface area (Å²) < 4.78 is 52.7. The summed E-state index contributed by atoms with van der Waals surface area (Å²) in [5.41, 5.74) is 13.5. The Labute approximate surface area is 715 Å². The van der Waals surface area contributed by atoms with Crippen LogP contribution in [0.25, 0.3) is 110 Å². The Balaban J connectivity index is 0.515. The van der Waals surface area contributed by atoms with E-state index >= 15 is 0 Å². The number of rotatable bonds is 4. The van der Waals surface area contributed by atoms with Crippen molar-refractivity contribution in [2.45, 2.75) is 283 Å². The fourth-order valence-electron chi connectivity index (χ4n) is 18.7. The predicted molar refractivity (Wildman–Crippen MR) is 503 cm³/mol. The normalized spacial score (nSPS) is 17.0. The third kappa shape index (κ3) is 24.2. The third-order valence-corrected chi connectivity index (χ3v) is 25.4. The van der Waals surface area contributed by atoms with Crippen LogP contribution in [0.3, 0.4) is 0 Å². The maximum atomic E-state index is 6.88. The van der Waals surface area contributed by atoms with Crippen molar-refractivity contribution >= 4 is 65.4 Å². The van der Waals surface area contributed by atoms with Gasteiger partial charge in [-0.15, -0.1) is 0 Å². The van der Waals surface area contributed by atoms with E-state index in [0.29, 0.717) is 0 Å². The molecule has 8 heterocycles. The molecule has 18 rings (SSSR count). The SMILES string of the molecule is c1ccc(-c2c3oc4cc5oc(c(-c6ccccc6)c5cc24)CCCCCCCCCCCCOc2ccc4ccc(cc4c2)OCCCCCCCCCCCCc2oc4cc5oc(c(-c6ccccc6)c5cc4c2-c2ccccc2)CCCCCCCCCCCCOc2ccc4ccc(cc4c2)OCCCCCCCCCCCC3)cc1. The van der Waals surface area contributed by atoms with E-state index in [0.717, 1.165) is 172 Å². The van der Waals surface area contributed by atoms with E-state index in [4.69, 9.17) is 36.6 Å². The van der Waals surface area contributed by atoms with Crippen LogP contribution in [0.2, 0.25) is 0 Å². The second-order valence-electron chi connectivity index (χ2n) is 34.6. The van der Waals surface area contributed by atoms with Crippen molar-refractivity contribution < 1.29 is 36.6 Å². The summed E-state index contributed by atoms with van der Waals surface area (Å²) >= 11 is 0. The zero-order valence-corrected chi connectivity index (χ0v) is 72.0. The average molecular weight is 1610 g/mol. The molecule has 0 radical (unpaired) electrons. The van der Waals surface area contributed by atoms with E-state index in [9.17, 15) is 0 Å². The Morgan fingerprint density at radius 2 is 0.350 bits per heavy atom. The molecule has 4 aliphatic heterocycles. The van der Waals surface area contributed by atoms with Crippen molar-refractivity contribution in [3.8, 4) is 67.5 Å². The van der Waals surface area contributed by atoms with E-state index in [2.05, 4.69) is 218 Å². The molecule has 0 fully saturated rings. The summed E-state index contributed by atoms with van der Waals surface area (Å²) in [7, 11) is 0. The summed E-state index contributed by atoms with van der Waals surface area (Å²) in [5, 5.41) is 9.50. The molecule has 4 aliphatic rings. The summed E-state index contributed by atoms with van der Waals surface area (Å²) in [6.45, 7) is 3.02. The lowest BCUT2D eigenvalue weighted by atomic mass is 9.95. The summed E-state index contributed by atoms with van der Waals surface area (Å²) in [5.74, 6) is 8.15. The highest BCUT2D eigenvalue weighted by molar-refractivity contribution is 6.09. The Kier molecular flexibility index (Phi) is 32.8. The molecule has 0 amide bonds. The molecule has 0 saturated carbocycles. The molecule has 4 aromatic heterocycles. The Bertz CT molecular complexity index is 4720. The van der Waals surface area contributed by atoms with Crippen LogP contribution in [0.1, 0.15) is 280 Å². The van der Waals surface area contributed by atoms with Gasteiger partial charge in [0.05, 0.1) is 26.4 Å². The molecule has 120 heavy (non-hydrogen) atoms. The number of benzene rings is 10.